The number of nitrogens with zero attached hydrogens (tertiary/aromatic N) is 2. The minimum absolute atomic E-state index is 0.362. The molecule has 5 nitrogen and oxygen atoms in total. The van der Waals surface area contributed by atoms with Gasteiger partial charge in [-0.05, 0) is 19.3 Å². The Balaban J connectivity index is 2.12. The average molecular weight is 183 g/mol. The maximum absolute atomic E-state index is 6.00. The Morgan fingerprint density at radius 1 is 1.62 bits per heavy atom. The smallest absolute Gasteiger partial charge is 0.246 e. The Labute approximate surface area is 76.3 Å². The number of ether oxygens (including phenoxy) is 1. The molecule has 1 saturated carbocycles. The van der Waals surface area contributed by atoms with Crippen molar-refractivity contribution in [1.29, 1.82) is 0 Å². The molecule has 2 N–H and O–H groups in total. The molecule has 0 atom stereocenters. The van der Waals surface area contributed by atoms with E-state index in [1.165, 1.54) is 0 Å². The van der Waals surface area contributed by atoms with Crippen molar-refractivity contribution < 1.29 is 9.26 Å². The first kappa shape index (κ1) is 8.65. The van der Waals surface area contributed by atoms with Crippen LogP contribution in [0.3, 0.4) is 0 Å². The highest BCUT2D eigenvalue weighted by molar-refractivity contribution is 5.06. The van der Waals surface area contributed by atoms with Crippen LogP contribution in [0.15, 0.2) is 4.52 Å². The van der Waals surface area contributed by atoms with Gasteiger partial charge in [-0.15, -0.1) is 0 Å². The molecule has 1 aliphatic carbocycles. The van der Waals surface area contributed by atoms with E-state index in [4.69, 9.17) is 15.0 Å². The molecule has 1 aromatic rings. The normalized spacial score (nSPS) is 19.8. The summed E-state index contributed by atoms with van der Waals surface area (Å²) >= 11 is 0. The van der Waals surface area contributed by atoms with Crippen LogP contribution in [-0.4, -0.2) is 17.3 Å². The van der Waals surface area contributed by atoms with Gasteiger partial charge in [0.2, 0.25) is 5.89 Å². The van der Waals surface area contributed by atoms with Crippen LogP contribution in [0.4, 0.5) is 0 Å². The van der Waals surface area contributed by atoms with Gasteiger partial charge in [-0.2, -0.15) is 4.98 Å². The SMILES string of the molecule is COCc1noc(C2(N)CCC2)n1. The van der Waals surface area contributed by atoms with Crippen molar-refractivity contribution in [3.8, 4) is 0 Å². The van der Waals surface area contributed by atoms with Gasteiger partial charge in [0.15, 0.2) is 5.82 Å². The molecule has 1 heterocycles. The first-order valence-corrected chi connectivity index (χ1v) is 4.35. The maximum atomic E-state index is 6.00. The Morgan fingerprint density at radius 2 is 2.38 bits per heavy atom. The van der Waals surface area contributed by atoms with Gasteiger partial charge in [-0.25, -0.2) is 0 Å². The fraction of sp³-hybridized carbons (Fsp3) is 0.750. The van der Waals surface area contributed by atoms with Crippen LogP contribution < -0.4 is 5.73 Å². The third-order valence-electron chi connectivity index (χ3n) is 2.41. The zero-order valence-electron chi connectivity index (χ0n) is 7.62. The molecular weight excluding hydrogens is 170 g/mol. The van der Waals surface area contributed by atoms with Crippen LogP contribution in [-0.2, 0) is 16.9 Å². The zero-order chi connectivity index (χ0) is 9.31. The predicted molar refractivity (Wildman–Crippen MR) is 44.7 cm³/mol. The standard InChI is InChI=1S/C8H13N3O2/c1-12-5-6-10-7(13-11-6)8(9)3-2-4-8/h2-5,9H2,1H3. The third-order valence-corrected chi connectivity index (χ3v) is 2.41. The first-order chi connectivity index (χ1) is 6.24. The van der Waals surface area contributed by atoms with E-state index >= 15 is 0 Å². The second-order valence-electron chi connectivity index (χ2n) is 3.46. The van der Waals surface area contributed by atoms with Crippen LogP contribution in [0.1, 0.15) is 31.0 Å². The molecule has 1 aliphatic rings. The molecule has 72 valence electrons. The summed E-state index contributed by atoms with van der Waals surface area (Å²) in [7, 11) is 1.59. The molecule has 0 spiro atoms. The van der Waals surface area contributed by atoms with Crippen LogP contribution in [0, 0.1) is 0 Å². The lowest BCUT2D eigenvalue weighted by Crippen LogP contribution is -2.43. The van der Waals surface area contributed by atoms with Crippen molar-refractivity contribution in [2.24, 2.45) is 5.73 Å². The molecule has 0 unspecified atom stereocenters. The van der Waals surface area contributed by atoms with Gasteiger partial charge in [-0.3, -0.25) is 0 Å². The van der Waals surface area contributed by atoms with Crippen molar-refractivity contribution in [3.63, 3.8) is 0 Å². The summed E-state index contributed by atoms with van der Waals surface area (Å²) < 4.78 is 9.94. The molecule has 0 radical (unpaired) electrons. The summed E-state index contributed by atoms with van der Waals surface area (Å²) in [5.41, 5.74) is 5.63. The van der Waals surface area contributed by atoms with E-state index in [2.05, 4.69) is 10.1 Å². The van der Waals surface area contributed by atoms with Gasteiger partial charge in [-0.1, -0.05) is 5.16 Å². The molecule has 5 heteroatoms. The van der Waals surface area contributed by atoms with Gasteiger partial charge in [0.1, 0.15) is 6.61 Å². The third kappa shape index (κ3) is 1.45. The second-order valence-corrected chi connectivity index (χ2v) is 3.46. The molecule has 0 amide bonds. The van der Waals surface area contributed by atoms with Crippen LogP contribution in [0.5, 0.6) is 0 Å². The summed E-state index contributed by atoms with van der Waals surface area (Å²) in [6, 6.07) is 0. The van der Waals surface area contributed by atoms with Gasteiger partial charge < -0.3 is 15.0 Å². The van der Waals surface area contributed by atoms with Gasteiger partial charge >= 0.3 is 0 Å². The quantitative estimate of drug-likeness (QED) is 0.740. The van der Waals surface area contributed by atoms with Crippen LogP contribution >= 0.6 is 0 Å². The van der Waals surface area contributed by atoms with E-state index in [1.807, 2.05) is 0 Å². The Hall–Kier alpha value is -0.940. The number of hydrogen-bond donors (Lipinski definition) is 1. The highest BCUT2D eigenvalue weighted by Crippen LogP contribution is 2.37. The van der Waals surface area contributed by atoms with Crippen LogP contribution in [0.2, 0.25) is 0 Å². The van der Waals surface area contributed by atoms with Crippen molar-refractivity contribution in [1.82, 2.24) is 10.1 Å². The second kappa shape index (κ2) is 3.08. The van der Waals surface area contributed by atoms with Crippen molar-refractivity contribution in [3.05, 3.63) is 11.7 Å². The fourth-order valence-electron chi connectivity index (χ4n) is 1.42. The minimum atomic E-state index is -0.362. The lowest BCUT2D eigenvalue weighted by Gasteiger charge is -2.33. The van der Waals surface area contributed by atoms with E-state index in [0.29, 0.717) is 18.3 Å². The average Bonchev–Trinajstić information content (AvgIpc) is 2.50. The Morgan fingerprint density at radius 3 is 2.92 bits per heavy atom. The van der Waals surface area contributed by atoms with Gasteiger partial charge in [0, 0.05) is 7.11 Å². The maximum Gasteiger partial charge on any atom is 0.246 e. The number of rotatable bonds is 3. The highest BCUT2D eigenvalue weighted by Gasteiger charge is 2.39. The lowest BCUT2D eigenvalue weighted by atomic mass is 9.78. The lowest BCUT2D eigenvalue weighted by molar-refractivity contribution is 0.170. The Bertz CT molecular complexity index is 293. The molecule has 1 aromatic heterocycles. The molecule has 0 saturated heterocycles. The topological polar surface area (TPSA) is 74.2 Å². The number of nitrogens with two attached hydrogens (primary N) is 1. The molecule has 1 fully saturated rings. The number of methoxy groups -OCH3 is 1. The first-order valence-electron chi connectivity index (χ1n) is 4.35. The number of hydrogen-bond acceptors (Lipinski definition) is 5. The predicted octanol–water partition coefficient (Wildman–Crippen LogP) is 0.554. The minimum Gasteiger partial charge on any atom is -0.377 e. The van der Waals surface area contributed by atoms with Gasteiger partial charge in [0.25, 0.3) is 0 Å². The van der Waals surface area contributed by atoms with Crippen molar-refractivity contribution >= 4 is 0 Å². The zero-order valence-corrected chi connectivity index (χ0v) is 7.62. The molecule has 2 rings (SSSR count). The molecule has 0 aromatic carbocycles. The van der Waals surface area contributed by atoms with E-state index < -0.39 is 0 Å². The summed E-state index contributed by atoms with van der Waals surface area (Å²) in [6.07, 6.45) is 3.00. The fourth-order valence-corrected chi connectivity index (χ4v) is 1.42. The van der Waals surface area contributed by atoms with Crippen molar-refractivity contribution in [2.45, 2.75) is 31.4 Å². The molecule has 13 heavy (non-hydrogen) atoms. The molecule has 0 aliphatic heterocycles. The van der Waals surface area contributed by atoms with Gasteiger partial charge in [0.05, 0.1) is 5.54 Å². The monoisotopic (exact) mass is 183 g/mol. The van der Waals surface area contributed by atoms with E-state index in [0.717, 1.165) is 19.3 Å². The van der Waals surface area contributed by atoms with Crippen LogP contribution in [0.25, 0.3) is 0 Å². The largest absolute Gasteiger partial charge is 0.377 e. The highest BCUT2D eigenvalue weighted by atomic mass is 16.5. The van der Waals surface area contributed by atoms with E-state index in [1.54, 1.807) is 7.11 Å². The molecular formula is C8H13N3O2. The van der Waals surface area contributed by atoms with E-state index in [-0.39, 0.29) is 5.54 Å². The summed E-state index contributed by atoms with van der Waals surface area (Å²) in [6.45, 7) is 0.375. The van der Waals surface area contributed by atoms with Crippen molar-refractivity contribution in [2.75, 3.05) is 7.11 Å². The Kier molecular flexibility index (Phi) is 2.05. The summed E-state index contributed by atoms with van der Waals surface area (Å²) in [5.74, 6) is 1.11. The summed E-state index contributed by atoms with van der Waals surface area (Å²) in [5, 5.41) is 3.76. The van der Waals surface area contributed by atoms with E-state index in [9.17, 15) is 0 Å². The number of aromatic nitrogens is 2. The summed E-state index contributed by atoms with van der Waals surface area (Å²) in [4.78, 5) is 4.17. The molecule has 0 bridgehead atoms.